The van der Waals surface area contributed by atoms with Crippen molar-refractivity contribution in [3.8, 4) is 12.5 Å². The molecule has 0 fully saturated rings. The lowest BCUT2D eigenvalue weighted by molar-refractivity contribution is 0.300. The Labute approximate surface area is 33.4 Å². The summed E-state index contributed by atoms with van der Waals surface area (Å²) in [5.74, 6) is 0. The van der Waals surface area contributed by atoms with E-state index in [0.29, 0.717) is 6.61 Å². The molecule has 0 aliphatic rings. The second-order valence-electron chi connectivity index (χ2n) is 0.535. The minimum Gasteiger partial charge on any atom is -0.447 e. The van der Waals surface area contributed by atoms with Gasteiger partial charge in [0.15, 0.2) is 0 Å². The summed E-state index contributed by atoms with van der Waals surface area (Å²) in [6.07, 6.45) is 3.96. The van der Waals surface area contributed by atoms with Crippen molar-refractivity contribution in [2.75, 3.05) is 6.61 Å². The van der Waals surface area contributed by atoms with Gasteiger partial charge in [-0.1, -0.05) is 6.40 Å². The minimum absolute atomic E-state index is 0.561. The molecule has 0 heterocycles. The topological polar surface area (TPSA) is 9.23 Å². The standard InChI is InChI=1S/C4H6O/c1-3-5-4-2/h1H,4H2,2H3/i1D. The summed E-state index contributed by atoms with van der Waals surface area (Å²) >= 11 is 0. The molecule has 0 aliphatic carbocycles. The maximum atomic E-state index is 6.22. The fourth-order valence-electron chi connectivity index (χ4n) is 0.0722. The first-order valence-electron chi connectivity index (χ1n) is 1.95. The molecule has 0 saturated heterocycles. The summed E-state index contributed by atoms with van der Waals surface area (Å²) < 4.78 is 10.7. The fourth-order valence-corrected chi connectivity index (χ4v) is 0.0722. The van der Waals surface area contributed by atoms with Gasteiger partial charge in [0.25, 0.3) is 0 Å². The average Bonchev–Trinajstić information content (AvgIpc) is 1.61. The summed E-state index contributed by atoms with van der Waals surface area (Å²) in [4.78, 5) is 0. The van der Waals surface area contributed by atoms with E-state index in [1.165, 1.54) is 0 Å². The molecular weight excluding hydrogens is 64.0 g/mol. The lowest BCUT2D eigenvalue weighted by Crippen LogP contribution is -1.73. The number of terminal acetylenes is 1. The summed E-state index contributed by atoms with van der Waals surface area (Å²) in [5, 5.41) is 0. The SMILES string of the molecule is [2H]C#COCC. The van der Waals surface area contributed by atoms with E-state index in [0.717, 1.165) is 0 Å². The molecule has 0 aromatic rings. The molecule has 0 amide bonds. The van der Waals surface area contributed by atoms with E-state index >= 15 is 0 Å². The molecular formula is C4H6O. The Kier molecular flexibility index (Phi) is 1.74. The van der Waals surface area contributed by atoms with Gasteiger partial charge in [0, 0.05) is 0 Å². The van der Waals surface area contributed by atoms with Gasteiger partial charge in [-0.2, -0.15) is 0 Å². The number of rotatable bonds is 1. The first-order valence-corrected chi connectivity index (χ1v) is 1.45. The van der Waals surface area contributed by atoms with Crippen LogP contribution in [0.25, 0.3) is 0 Å². The number of ether oxygens (including phenoxy) is 1. The normalized spacial score (nSPS) is 7.00. The van der Waals surface area contributed by atoms with Gasteiger partial charge in [-0.25, -0.2) is 0 Å². The van der Waals surface area contributed by atoms with Gasteiger partial charge in [0.05, 0.1) is 6.61 Å². The molecule has 0 aromatic heterocycles. The molecule has 0 aliphatic heterocycles. The van der Waals surface area contributed by atoms with Gasteiger partial charge in [-0.15, -0.1) is 0 Å². The van der Waals surface area contributed by atoms with Gasteiger partial charge >= 0.3 is 0 Å². The second-order valence-corrected chi connectivity index (χ2v) is 0.535. The highest BCUT2D eigenvalue weighted by Crippen LogP contribution is 1.58. The molecule has 1 nitrogen and oxygen atoms in total. The average molecular weight is 71.1 g/mol. The van der Waals surface area contributed by atoms with Crippen LogP contribution in [0.2, 0.25) is 0 Å². The van der Waals surface area contributed by atoms with Crippen LogP contribution in [-0.4, -0.2) is 6.61 Å². The molecule has 1 heteroatoms. The Morgan fingerprint density at radius 3 is 3.40 bits per heavy atom. The summed E-state index contributed by atoms with van der Waals surface area (Å²) in [5.41, 5.74) is 0. The lowest BCUT2D eigenvalue weighted by Gasteiger charge is -1.79. The second kappa shape index (κ2) is 3.36. The quantitative estimate of drug-likeness (QED) is 0.411. The highest BCUT2D eigenvalue weighted by atomic mass is 16.5. The Hall–Kier alpha value is -0.640. The van der Waals surface area contributed by atoms with Crippen LogP contribution in [0.15, 0.2) is 0 Å². The van der Waals surface area contributed by atoms with Crippen LogP contribution < -0.4 is 0 Å². The molecule has 0 atom stereocenters. The highest BCUT2D eigenvalue weighted by Gasteiger charge is 1.56. The molecule has 0 spiro atoms. The minimum atomic E-state index is 0.561. The van der Waals surface area contributed by atoms with Crippen molar-refractivity contribution in [3.63, 3.8) is 0 Å². The Morgan fingerprint density at radius 1 is 2.40 bits per heavy atom. The van der Waals surface area contributed by atoms with Crippen LogP contribution >= 0.6 is 0 Å². The molecule has 0 unspecified atom stereocenters. The van der Waals surface area contributed by atoms with Crippen LogP contribution in [0, 0.1) is 12.5 Å². The zero-order chi connectivity index (χ0) is 4.83. The monoisotopic (exact) mass is 71.0 g/mol. The van der Waals surface area contributed by atoms with Crippen molar-refractivity contribution in [3.05, 3.63) is 0 Å². The van der Waals surface area contributed by atoms with Crippen molar-refractivity contribution >= 4 is 0 Å². The third kappa shape index (κ3) is 3.36. The largest absolute Gasteiger partial charge is 0.447 e. The van der Waals surface area contributed by atoms with Gasteiger partial charge < -0.3 is 4.74 Å². The van der Waals surface area contributed by atoms with E-state index in [2.05, 4.69) is 10.8 Å². The van der Waals surface area contributed by atoms with Crippen LogP contribution in [-0.2, 0) is 4.74 Å². The predicted octanol–water partition coefficient (Wildman–Crippen LogP) is 0.614. The molecule has 0 rings (SSSR count). The van der Waals surface area contributed by atoms with Crippen LogP contribution in [0.4, 0.5) is 0 Å². The highest BCUT2D eigenvalue weighted by molar-refractivity contribution is 4.66. The maximum absolute atomic E-state index is 6.22. The van der Waals surface area contributed by atoms with Crippen molar-refractivity contribution < 1.29 is 6.11 Å². The molecule has 0 bridgehead atoms. The molecule has 0 N–H and O–H groups in total. The zero-order valence-electron chi connectivity index (χ0n) is 4.12. The molecule has 0 aromatic carbocycles. The predicted molar refractivity (Wildman–Crippen MR) is 20.5 cm³/mol. The first-order chi connectivity index (χ1) is 2.91. The van der Waals surface area contributed by atoms with Crippen molar-refractivity contribution in [1.82, 2.24) is 0 Å². The van der Waals surface area contributed by atoms with E-state index in [-0.39, 0.29) is 0 Å². The molecule has 0 radical (unpaired) electrons. The van der Waals surface area contributed by atoms with E-state index in [1.807, 2.05) is 13.3 Å². The van der Waals surface area contributed by atoms with Crippen molar-refractivity contribution in [1.29, 1.82) is 0 Å². The van der Waals surface area contributed by atoms with Crippen molar-refractivity contribution in [2.45, 2.75) is 6.92 Å². The molecule has 0 saturated carbocycles. The summed E-state index contributed by atoms with van der Waals surface area (Å²) in [7, 11) is 0. The smallest absolute Gasteiger partial charge is 0.127 e. The van der Waals surface area contributed by atoms with Crippen LogP contribution in [0.5, 0.6) is 0 Å². The van der Waals surface area contributed by atoms with Gasteiger partial charge in [0.1, 0.15) is 7.48 Å². The summed E-state index contributed by atoms with van der Waals surface area (Å²) in [6.45, 7) is 2.39. The van der Waals surface area contributed by atoms with Gasteiger partial charge in [-0.3, -0.25) is 0 Å². The van der Waals surface area contributed by atoms with E-state index in [9.17, 15) is 0 Å². The lowest BCUT2D eigenvalue weighted by atomic mass is 10.9. The Morgan fingerprint density at radius 2 is 3.20 bits per heavy atom. The fraction of sp³-hybridized carbons (Fsp3) is 0.500. The molecule has 5 heavy (non-hydrogen) atoms. The maximum Gasteiger partial charge on any atom is 0.127 e. The van der Waals surface area contributed by atoms with Gasteiger partial charge in [-0.05, 0) is 6.92 Å². The van der Waals surface area contributed by atoms with Crippen molar-refractivity contribution in [2.24, 2.45) is 0 Å². The van der Waals surface area contributed by atoms with Crippen LogP contribution in [0.1, 0.15) is 8.29 Å². The third-order valence-electron chi connectivity index (χ3n) is 0.217. The Bertz CT molecular complexity index is 69.4. The van der Waals surface area contributed by atoms with E-state index < -0.39 is 0 Å². The number of hydrogen-bond donors (Lipinski definition) is 0. The van der Waals surface area contributed by atoms with E-state index in [4.69, 9.17) is 1.37 Å². The van der Waals surface area contributed by atoms with Gasteiger partial charge in [0.2, 0.25) is 0 Å². The number of hydrogen-bond acceptors (Lipinski definition) is 1. The van der Waals surface area contributed by atoms with Crippen LogP contribution in [0.3, 0.4) is 0 Å². The molecule has 28 valence electrons. The summed E-state index contributed by atoms with van der Waals surface area (Å²) in [6, 6.07) is 0. The zero-order valence-corrected chi connectivity index (χ0v) is 3.12. The third-order valence-corrected chi connectivity index (χ3v) is 0.217. The van der Waals surface area contributed by atoms with E-state index in [1.54, 1.807) is 0 Å². The first kappa shape index (κ1) is 2.59. The Balaban J connectivity index is 2.79.